The third kappa shape index (κ3) is 4.06. The molecule has 5 nitrogen and oxygen atoms in total. The molecule has 2 aromatic carbocycles. The number of benzene rings is 2. The minimum atomic E-state index is -0.393. The van der Waals surface area contributed by atoms with Crippen molar-refractivity contribution in [3.8, 4) is 0 Å². The van der Waals surface area contributed by atoms with Gasteiger partial charge in [0.25, 0.3) is 5.56 Å². The molecule has 0 saturated carbocycles. The van der Waals surface area contributed by atoms with E-state index in [1.807, 2.05) is 30.3 Å². The van der Waals surface area contributed by atoms with Gasteiger partial charge in [0, 0.05) is 25.7 Å². The van der Waals surface area contributed by atoms with E-state index in [1.165, 1.54) is 17.7 Å². The van der Waals surface area contributed by atoms with Crippen LogP contribution in [0, 0.1) is 5.82 Å². The lowest BCUT2D eigenvalue weighted by atomic mass is 10.1. The van der Waals surface area contributed by atoms with E-state index < -0.39 is 5.82 Å². The Morgan fingerprint density at radius 1 is 0.966 bits per heavy atom. The Balaban J connectivity index is 1.42. The smallest absolute Gasteiger partial charge is 0.275 e. The number of nitrogens with one attached hydrogen (secondary N) is 1. The fourth-order valence-corrected chi connectivity index (χ4v) is 3.63. The first kappa shape index (κ1) is 18.9. The maximum Gasteiger partial charge on any atom is 0.275 e. The minimum Gasteiger partial charge on any atom is -0.356 e. The predicted molar refractivity (Wildman–Crippen MR) is 112 cm³/mol. The van der Waals surface area contributed by atoms with Crippen molar-refractivity contribution in [1.82, 2.24) is 14.3 Å². The summed E-state index contributed by atoms with van der Waals surface area (Å²) in [5.41, 5.74) is 2.82. The molecule has 2 aromatic heterocycles. The molecule has 148 valence electrons. The number of fused-ring (bicyclic) bond motifs is 3. The summed E-state index contributed by atoms with van der Waals surface area (Å²) < 4.78 is 17.1. The van der Waals surface area contributed by atoms with E-state index in [-0.39, 0.29) is 11.5 Å². The monoisotopic (exact) mass is 391 g/mol. The molecule has 0 radical (unpaired) electrons. The number of hydrogen-bond donors (Lipinski definition) is 1. The predicted octanol–water partition coefficient (Wildman–Crippen LogP) is 3.53. The standard InChI is InChI=1S/C23H22FN3O2/c24-18-10-11-19-21(16-18)27(23(29)20-8-4-14-26(19)20)15-5-9-22(28)25-13-12-17-6-2-1-3-7-17/h1-4,6-8,10-11,14,16H,5,9,12-13,15H2,(H,25,28). The van der Waals surface area contributed by atoms with Crippen molar-refractivity contribution in [1.29, 1.82) is 0 Å². The fourth-order valence-electron chi connectivity index (χ4n) is 3.63. The number of nitrogens with zero attached hydrogens (tertiary/aromatic N) is 2. The van der Waals surface area contributed by atoms with Crippen LogP contribution >= 0.6 is 0 Å². The van der Waals surface area contributed by atoms with Crippen LogP contribution in [0.15, 0.2) is 71.7 Å². The number of amides is 1. The summed E-state index contributed by atoms with van der Waals surface area (Å²) in [6.45, 7) is 0.930. The van der Waals surface area contributed by atoms with Crippen LogP contribution in [0.25, 0.3) is 16.6 Å². The highest BCUT2D eigenvalue weighted by Gasteiger charge is 2.12. The van der Waals surface area contributed by atoms with Gasteiger partial charge in [-0.1, -0.05) is 30.3 Å². The number of carbonyl (C=O) groups is 1. The number of rotatable bonds is 7. The van der Waals surface area contributed by atoms with E-state index in [0.717, 1.165) is 11.9 Å². The maximum absolute atomic E-state index is 13.8. The van der Waals surface area contributed by atoms with Crippen molar-refractivity contribution in [3.05, 3.63) is 88.6 Å². The molecule has 0 saturated heterocycles. The highest BCUT2D eigenvalue weighted by Crippen LogP contribution is 2.17. The maximum atomic E-state index is 13.8. The molecule has 0 aliphatic heterocycles. The molecule has 0 fully saturated rings. The highest BCUT2D eigenvalue weighted by atomic mass is 19.1. The third-order valence-electron chi connectivity index (χ3n) is 5.07. The second kappa shape index (κ2) is 8.31. The van der Waals surface area contributed by atoms with Gasteiger partial charge in [-0.25, -0.2) is 4.39 Å². The van der Waals surface area contributed by atoms with Crippen LogP contribution in [0.4, 0.5) is 4.39 Å². The number of aromatic nitrogens is 2. The van der Waals surface area contributed by atoms with Gasteiger partial charge in [0.05, 0.1) is 11.0 Å². The first-order valence-corrected chi connectivity index (χ1v) is 9.73. The normalized spacial score (nSPS) is 11.2. The summed E-state index contributed by atoms with van der Waals surface area (Å²) in [6, 6.07) is 17.9. The van der Waals surface area contributed by atoms with Crippen molar-refractivity contribution < 1.29 is 9.18 Å². The molecule has 0 aliphatic carbocycles. The number of aryl methyl sites for hydroxylation is 1. The molecule has 4 rings (SSSR count). The van der Waals surface area contributed by atoms with Crippen LogP contribution in [0.1, 0.15) is 18.4 Å². The van der Waals surface area contributed by atoms with Crippen molar-refractivity contribution in [2.75, 3.05) is 6.54 Å². The number of carbonyl (C=O) groups excluding carboxylic acids is 1. The molecule has 29 heavy (non-hydrogen) atoms. The van der Waals surface area contributed by atoms with Crippen molar-refractivity contribution in [2.24, 2.45) is 0 Å². The Morgan fingerprint density at radius 3 is 2.62 bits per heavy atom. The Hall–Kier alpha value is -3.41. The van der Waals surface area contributed by atoms with E-state index >= 15 is 0 Å². The van der Waals surface area contributed by atoms with Crippen molar-refractivity contribution >= 4 is 22.5 Å². The van der Waals surface area contributed by atoms with Gasteiger partial charge in [-0.05, 0) is 48.7 Å². The summed E-state index contributed by atoms with van der Waals surface area (Å²) >= 11 is 0. The quantitative estimate of drug-likeness (QED) is 0.524. The van der Waals surface area contributed by atoms with Crippen LogP contribution < -0.4 is 10.9 Å². The van der Waals surface area contributed by atoms with E-state index in [0.29, 0.717) is 37.0 Å². The van der Waals surface area contributed by atoms with Gasteiger partial charge >= 0.3 is 0 Å². The molecule has 6 heteroatoms. The van der Waals surface area contributed by atoms with E-state index in [4.69, 9.17) is 0 Å². The minimum absolute atomic E-state index is 0.0479. The fraction of sp³-hybridized carbons (Fsp3) is 0.217. The van der Waals surface area contributed by atoms with Crippen LogP contribution in [-0.4, -0.2) is 21.4 Å². The average Bonchev–Trinajstić information content (AvgIpc) is 3.21. The van der Waals surface area contributed by atoms with Gasteiger partial charge in [0.15, 0.2) is 0 Å². The second-order valence-electron chi connectivity index (χ2n) is 7.04. The third-order valence-corrected chi connectivity index (χ3v) is 5.07. The van der Waals surface area contributed by atoms with Gasteiger partial charge in [-0.2, -0.15) is 0 Å². The zero-order valence-electron chi connectivity index (χ0n) is 16.0. The molecule has 1 N–H and O–H groups in total. The van der Waals surface area contributed by atoms with E-state index in [9.17, 15) is 14.0 Å². The molecule has 0 aliphatic rings. The molecule has 2 heterocycles. The van der Waals surface area contributed by atoms with Gasteiger partial charge < -0.3 is 14.3 Å². The zero-order valence-corrected chi connectivity index (χ0v) is 16.0. The van der Waals surface area contributed by atoms with Crippen LogP contribution in [0.3, 0.4) is 0 Å². The highest BCUT2D eigenvalue weighted by molar-refractivity contribution is 5.79. The molecule has 0 spiro atoms. The lowest BCUT2D eigenvalue weighted by Gasteiger charge is -2.13. The summed E-state index contributed by atoms with van der Waals surface area (Å²) in [5, 5.41) is 2.91. The largest absolute Gasteiger partial charge is 0.356 e. The summed E-state index contributed by atoms with van der Waals surface area (Å²) in [5.74, 6) is -0.441. The Bertz CT molecular complexity index is 1210. The zero-order chi connectivity index (χ0) is 20.2. The van der Waals surface area contributed by atoms with Gasteiger partial charge in [-0.15, -0.1) is 0 Å². The first-order chi connectivity index (χ1) is 14.1. The summed E-state index contributed by atoms with van der Waals surface area (Å²) in [6.07, 6.45) is 3.38. The van der Waals surface area contributed by atoms with Gasteiger partial charge in [-0.3, -0.25) is 9.59 Å². The average molecular weight is 391 g/mol. The first-order valence-electron chi connectivity index (χ1n) is 9.73. The lowest BCUT2D eigenvalue weighted by Crippen LogP contribution is -2.27. The SMILES string of the molecule is O=C(CCCn1c(=O)c2cccn2c2ccc(F)cc21)NCCc1ccccc1. The molecular weight excluding hydrogens is 369 g/mol. The molecule has 0 unspecified atom stereocenters. The van der Waals surface area contributed by atoms with E-state index in [2.05, 4.69) is 5.32 Å². The number of halogens is 1. The topological polar surface area (TPSA) is 55.5 Å². The van der Waals surface area contributed by atoms with Gasteiger partial charge in [0.1, 0.15) is 11.3 Å². The van der Waals surface area contributed by atoms with Crippen LogP contribution in [0.5, 0.6) is 0 Å². The van der Waals surface area contributed by atoms with Crippen LogP contribution in [0.2, 0.25) is 0 Å². The van der Waals surface area contributed by atoms with Gasteiger partial charge in [0.2, 0.25) is 5.91 Å². The summed E-state index contributed by atoms with van der Waals surface area (Å²) in [7, 11) is 0. The van der Waals surface area contributed by atoms with Crippen molar-refractivity contribution in [2.45, 2.75) is 25.8 Å². The van der Waals surface area contributed by atoms with E-state index in [1.54, 1.807) is 33.4 Å². The molecule has 1 amide bonds. The Kier molecular flexibility index (Phi) is 5.42. The Labute approximate surface area is 167 Å². The summed E-state index contributed by atoms with van der Waals surface area (Å²) in [4.78, 5) is 25.0. The molecule has 0 bridgehead atoms. The Morgan fingerprint density at radius 2 is 1.79 bits per heavy atom. The lowest BCUT2D eigenvalue weighted by molar-refractivity contribution is -0.121. The molecule has 4 aromatic rings. The second-order valence-corrected chi connectivity index (χ2v) is 7.04. The molecular formula is C23H22FN3O2. The number of hydrogen-bond acceptors (Lipinski definition) is 2. The van der Waals surface area contributed by atoms with Crippen molar-refractivity contribution in [3.63, 3.8) is 0 Å². The molecule has 0 atom stereocenters. The van der Waals surface area contributed by atoms with Crippen LogP contribution in [-0.2, 0) is 17.8 Å².